The first-order valence-electron chi connectivity index (χ1n) is 9.77. The van der Waals surface area contributed by atoms with E-state index in [2.05, 4.69) is 21.9 Å². The van der Waals surface area contributed by atoms with E-state index in [1.165, 1.54) is 18.6 Å². The van der Waals surface area contributed by atoms with Gasteiger partial charge >= 0.3 is 6.09 Å². The molecule has 0 spiro atoms. The normalized spacial score (nSPS) is 17.9. The fourth-order valence-corrected chi connectivity index (χ4v) is 3.48. The van der Waals surface area contributed by atoms with Crippen LogP contribution in [0.15, 0.2) is 4.99 Å². The Labute approximate surface area is 187 Å². The predicted octanol–water partition coefficient (Wildman–Crippen LogP) is 3.95. The maximum absolute atomic E-state index is 12.2. The van der Waals surface area contributed by atoms with Crippen LogP contribution in [0.5, 0.6) is 0 Å². The number of hydrogen-bond acceptors (Lipinski definition) is 4. The highest BCUT2D eigenvalue weighted by Crippen LogP contribution is 2.21. The first kappa shape index (κ1) is 26.6. The summed E-state index contributed by atoms with van der Waals surface area (Å²) in [4.78, 5) is 18.4. The third-order valence-corrected chi connectivity index (χ3v) is 5.00. The number of aliphatic imine (C=N–C) groups is 1. The van der Waals surface area contributed by atoms with Crippen LogP contribution < -0.4 is 10.6 Å². The quantitative estimate of drug-likeness (QED) is 0.222. The lowest BCUT2D eigenvalue weighted by Gasteiger charge is -2.34. The Morgan fingerprint density at radius 3 is 2.59 bits per heavy atom. The number of ether oxygens (including phenoxy) is 1. The summed E-state index contributed by atoms with van der Waals surface area (Å²) in [6.45, 7) is 9.16. The van der Waals surface area contributed by atoms with E-state index in [4.69, 9.17) is 4.74 Å². The third-order valence-electron chi connectivity index (χ3n) is 4.31. The molecule has 0 aromatic rings. The molecule has 1 fully saturated rings. The van der Waals surface area contributed by atoms with Gasteiger partial charge in [-0.25, -0.2) is 4.79 Å². The van der Waals surface area contributed by atoms with Crippen molar-refractivity contribution in [1.82, 2.24) is 15.5 Å². The minimum absolute atomic E-state index is 0. The zero-order chi connectivity index (χ0) is 19.4. The molecule has 0 aliphatic carbocycles. The number of hydrogen-bond donors (Lipinski definition) is 2. The van der Waals surface area contributed by atoms with Gasteiger partial charge in [-0.2, -0.15) is 11.8 Å². The van der Waals surface area contributed by atoms with Crippen LogP contribution in [0.2, 0.25) is 0 Å². The largest absolute Gasteiger partial charge is 0.444 e. The van der Waals surface area contributed by atoms with Crippen LogP contribution in [0.1, 0.15) is 52.9 Å². The zero-order valence-corrected chi connectivity index (χ0v) is 20.8. The van der Waals surface area contributed by atoms with Gasteiger partial charge in [0.15, 0.2) is 5.96 Å². The van der Waals surface area contributed by atoms with Crippen LogP contribution in [-0.4, -0.2) is 67.8 Å². The number of thioether (sulfide) groups is 1. The second-order valence-corrected chi connectivity index (χ2v) is 8.83. The van der Waals surface area contributed by atoms with Gasteiger partial charge in [-0.3, -0.25) is 4.99 Å². The molecule has 1 aliphatic rings. The zero-order valence-electron chi connectivity index (χ0n) is 17.7. The maximum atomic E-state index is 12.2. The van der Waals surface area contributed by atoms with Crippen molar-refractivity contribution in [3.63, 3.8) is 0 Å². The van der Waals surface area contributed by atoms with E-state index in [0.717, 1.165) is 51.4 Å². The van der Waals surface area contributed by atoms with Gasteiger partial charge < -0.3 is 20.3 Å². The summed E-state index contributed by atoms with van der Waals surface area (Å²) in [5.74, 6) is 2.60. The summed E-state index contributed by atoms with van der Waals surface area (Å²) in [6.07, 6.45) is 7.60. The molecule has 1 heterocycles. The van der Waals surface area contributed by atoms with Crippen LogP contribution >= 0.6 is 35.7 Å². The van der Waals surface area contributed by atoms with Gasteiger partial charge in [-0.15, -0.1) is 24.0 Å². The molecule has 6 nitrogen and oxygen atoms in total. The smallest absolute Gasteiger partial charge is 0.410 e. The number of rotatable bonds is 8. The summed E-state index contributed by atoms with van der Waals surface area (Å²) in [5, 5.41) is 6.75. The van der Waals surface area contributed by atoms with Crippen LogP contribution in [0.4, 0.5) is 4.79 Å². The van der Waals surface area contributed by atoms with Gasteiger partial charge in [0.05, 0.1) is 0 Å². The molecular weight excluding hydrogens is 475 g/mol. The van der Waals surface area contributed by atoms with E-state index in [1.54, 1.807) is 0 Å². The molecule has 0 aromatic carbocycles. The van der Waals surface area contributed by atoms with E-state index in [9.17, 15) is 4.79 Å². The summed E-state index contributed by atoms with van der Waals surface area (Å²) in [5.41, 5.74) is -0.431. The topological polar surface area (TPSA) is 66.0 Å². The summed E-state index contributed by atoms with van der Waals surface area (Å²) in [7, 11) is 1.81. The number of nitrogens with zero attached hydrogens (tertiary/aromatic N) is 2. The molecule has 1 aliphatic heterocycles. The van der Waals surface area contributed by atoms with Crippen LogP contribution in [0.25, 0.3) is 0 Å². The number of guanidine groups is 1. The van der Waals surface area contributed by atoms with Crippen molar-refractivity contribution in [2.45, 2.75) is 58.5 Å². The molecule has 1 rings (SSSR count). The van der Waals surface area contributed by atoms with Crippen LogP contribution in [0, 0.1) is 5.92 Å². The number of unbranched alkanes of at least 4 members (excludes halogenated alkanes) is 1. The Balaban J connectivity index is 0.00000676. The average Bonchev–Trinajstić information content (AvgIpc) is 2.59. The maximum Gasteiger partial charge on any atom is 0.410 e. The molecule has 0 aromatic heterocycles. The lowest BCUT2D eigenvalue weighted by Crippen LogP contribution is -2.44. The number of carbonyl (C=O) groups is 1. The number of halogens is 1. The Hall–Kier alpha value is -0.380. The van der Waals surface area contributed by atoms with Gasteiger partial charge in [-0.1, -0.05) is 0 Å². The molecule has 27 heavy (non-hydrogen) atoms. The molecule has 0 bridgehead atoms. The van der Waals surface area contributed by atoms with Crippen molar-refractivity contribution in [1.29, 1.82) is 0 Å². The Morgan fingerprint density at radius 1 is 1.26 bits per heavy atom. The minimum Gasteiger partial charge on any atom is -0.444 e. The number of carbonyl (C=O) groups excluding carboxylic acids is 1. The Morgan fingerprint density at radius 2 is 1.96 bits per heavy atom. The van der Waals surface area contributed by atoms with Gasteiger partial charge in [0, 0.05) is 33.2 Å². The Kier molecular flexibility index (Phi) is 14.4. The molecule has 2 N–H and O–H groups in total. The summed E-state index contributed by atoms with van der Waals surface area (Å²) < 4.78 is 5.50. The molecule has 160 valence electrons. The van der Waals surface area contributed by atoms with Crippen molar-refractivity contribution >= 4 is 47.8 Å². The van der Waals surface area contributed by atoms with Crippen molar-refractivity contribution < 1.29 is 9.53 Å². The van der Waals surface area contributed by atoms with Gasteiger partial charge in [-0.05, 0) is 70.8 Å². The molecule has 1 unspecified atom stereocenters. The molecular formula is C19H39IN4O2S. The summed E-state index contributed by atoms with van der Waals surface area (Å²) in [6, 6.07) is 0. The highest BCUT2D eigenvalue weighted by atomic mass is 127. The van der Waals surface area contributed by atoms with E-state index >= 15 is 0 Å². The molecule has 1 saturated heterocycles. The van der Waals surface area contributed by atoms with Crippen LogP contribution in [-0.2, 0) is 4.74 Å². The predicted molar refractivity (Wildman–Crippen MR) is 128 cm³/mol. The molecule has 8 heteroatoms. The van der Waals surface area contributed by atoms with Gasteiger partial charge in [0.25, 0.3) is 0 Å². The lowest BCUT2D eigenvalue weighted by molar-refractivity contribution is 0.0162. The first-order valence-corrected chi connectivity index (χ1v) is 11.2. The number of amides is 1. The monoisotopic (exact) mass is 514 g/mol. The van der Waals surface area contributed by atoms with E-state index in [-0.39, 0.29) is 30.1 Å². The van der Waals surface area contributed by atoms with Crippen molar-refractivity contribution in [2.75, 3.05) is 45.2 Å². The Bertz CT molecular complexity index is 444. The van der Waals surface area contributed by atoms with Crippen molar-refractivity contribution in [3.8, 4) is 0 Å². The fourth-order valence-electron chi connectivity index (χ4n) is 2.99. The standard InChI is InChI=1S/C19H38N4O2S.HI/c1-19(2,3)25-18(24)23-13-8-9-16(15-23)10-12-22-17(20-4)21-11-6-7-14-26-5;/h16H,6-15H2,1-5H3,(H2,20,21,22);1H. The van der Waals surface area contributed by atoms with E-state index in [0.29, 0.717) is 5.92 Å². The second-order valence-electron chi connectivity index (χ2n) is 7.85. The SMILES string of the molecule is CN=C(NCCCCSC)NCCC1CCCN(C(=O)OC(C)(C)C)C1.I. The van der Waals surface area contributed by atoms with Crippen molar-refractivity contribution in [2.24, 2.45) is 10.9 Å². The first-order chi connectivity index (χ1) is 12.4. The van der Waals surface area contributed by atoms with Crippen LogP contribution in [0.3, 0.4) is 0 Å². The number of piperidine rings is 1. The molecule has 0 radical (unpaired) electrons. The lowest BCUT2D eigenvalue weighted by atomic mass is 9.95. The van der Waals surface area contributed by atoms with Gasteiger partial charge in [0.2, 0.25) is 0 Å². The third kappa shape index (κ3) is 12.6. The highest BCUT2D eigenvalue weighted by molar-refractivity contribution is 14.0. The highest BCUT2D eigenvalue weighted by Gasteiger charge is 2.27. The fraction of sp³-hybridized carbons (Fsp3) is 0.895. The second kappa shape index (κ2) is 14.6. The minimum atomic E-state index is -0.431. The van der Waals surface area contributed by atoms with E-state index in [1.807, 2.05) is 44.5 Å². The molecule has 1 amide bonds. The number of likely N-dealkylation sites (tertiary alicyclic amines) is 1. The van der Waals surface area contributed by atoms with Crippen molar-refractivity contribution in [3.05, 3.63) is 0 Å². The van der Waals surface area contributed by atoms with E-state index < -0.39 is 5.60 Å². The molecule has 0 saturated carbocycles. The molecule has 1 atom stereocenters. The average molecular weight is 515 g/mol. The number of nitrogens with one attached hydrogen (secondary N) is 2. The van der Waals surface area contributed by atoms with Gasteiger partial charge in [0.1, 0.15) is 5.60 Å². The summed E-state index contributed by atoms with van der Waals surface area (Å²) >= 11 is 1.89.